The van der Waals surface area contributed by atoms with Crippen LogP contribution in [0.2, 0.25) is 0 Å². The molecule has 3 aromatic heterocycles. The van der Waals surface area contributed by atoms with Gasteiger partial charge in [0.2, 0.25) is 11.8 Å². The van der Waals surface area contributed by atoms with Gasteiger partial charge in [-0.05, 0) is 42.9 Å². The summed E-state index contributed by atoms with van der Waals surface area (Å²) in [6.45, 7) is 6.20. The van der Waals surface area contributed by atoms with Crippen LogP contribution in [0.5, 0.6) is 0 Å². The Balaban J connectivity index is 1.50. The van der Waals surface area contributed by atoms with E-state index < -0.39 is 0 Å². The summed E-state index contributed by atoms with van der Waals surface area (Å²) in [5.74, 6) is 0.828. The fourth-order valence-electron chi connectivity index (χ4n) is 4.22. The fraction of sp³-hybridized carbons (Fsp3) is 0.375. The molecule has 0 atom stereocenters. The molecule has 0 unspecified atom stereocenters. The first-order valence-electron chi connectivity index (χ1n) is 11.5. The van der Waals surface area contributed by atoms with Gasteiger partial charge < -0.3 is 10.2 Å². The van der Waals surface area contributed by atoms with Crippen molar-refractivity contribution >= 4 is 17.5 Å². The van der Waals surface area contributed by atoms with Gasteiger partial charge in [-0.1, -0.05) is 32.0 Å². The van der Waals surface area contributed by atoms with Crippen molar-refractivity contribution in [2.75, 3.05) is 18.4 Å². The van der Waals surface area contributed by atoms with Gasteiger partial charge in [-0.3, -0.25) is 4.79 Å². The monoisotopic (exact) mass is 444 g/mol. The Morgan fingerprint density at radius 2 is 1.88 bits per heavy atom. The maximum absolute atomic E-state index is 13.2. The number of carbonyl (C=O) groups is 1. The van der Waals surface area contributed by atoms with Crippen LogP contribution < -0.4 is 5.32 Å². The molecule has 0 saturated carbocycles. The van der Waals surface area contributed by atoms with E-state index in [-0.39, 0.29) is 17.6 Å². The Bertz CT molecular complexity index is 1250. The second-order valence-corrected chi connectivity index (χ2v) is 8.65. The predicted molar refractivity (Wildman–Crippen MR) is 126 cm³/mol. The van der Waals surface area contributed by atoms with Gasteiger partial charge in [-0.2, -0.15) is 19.7 Å². The average Bonchev–Trinajstić information content (AvgIpc) is 3.53. The fourth-order valence-corrected chi connectivity index (χ4v) is 4.22. The van der Waals surface area contributed by atoms with E-state index in [4.69, 9.17) is 0 Å². The Morgan fingerprint density at radius 1 is 1.06 bits per heavy atom. The van der Waals surface area contributed by atoms with E-state index in [1.165, 1.54) is 0 Å². The molecule has 170 valence electrons. The predicted octanol–water partition coefficient (Wildman–Crippen LogP) is 3.67. The first kappa shape index (κ1) is 21.1. The normalized spacial score (nSPS) is 14.2. The summed E-state index contributed by atoms with van der Waals surface area (Å²) in [7, 11) is 0. The van der Waals surface area contributed by atoms with E-state index in [2.05, 4.69) is 39.3 Å². The third kappa shape index (κ3) is 4.18. The second kappa shape index (κ2) is 9.01. The number of benzene rings is 1. The summed E-state index contributed by atoms with van der Waals surface area (Å²) in [6.07, 6.45) is 8.69. The molecule has 1 N–H and O–H groups in total. The van der Waals surface area contributed by atoms with Crippen LogP contribution in [0.4, 0.5) is 5.95 Å². The molecule has 1 aliphatic rings. The van der Waals surface area contributed by atoms with Crippen LogP contribution in [0.25, 0.3) is 11.3 Å². The largest absolute Gasteiger partial charge is 0.350 e. The summed E-state index contributed by atoms with van der Waals surface area (Å²) < 4.78 is 3.53. The number of likely N-dealkylation sites (tertiary alicyclic amines) is 1. The minimum atomic E-state index is -0.118. The van der Waals surface area contributed by atoms with Gasteiger partial charge in [0.1, 0.15) is 0 Å². The van der Waals surface area contributed by atoms with E-state index in [0.717, 1.165) is 49.2 Å². The Morgan fingerprint density at radius 3 is 2.64 bits per heavy atom. The van der Waals surface area contributed by atoms with Crippen LogP contribution in [0.3, 0.4) is 0 Å². The summed E-state index contributed by atoms with van der Waals surface area (Å²) in [4.78, 5) is 24.3. The number of amides is 1. The standard InChI is InChI=1S/C24H28N8O/c1-17(2)19-16-27-32-22(19)28-21(23(33)30-12-6-3-7-13-30)29-24(32)25-15-18-9-4-5-10-20(18)31-14-8-11-26-31/h4-5,8-11,14,16-17H,3,6-7,12-13,15H2,1-2H3,(H,25,28,29). The van der Waals surface area contributed by atoms with E-state index >= 15 is 0 Å². The molecule has 0 spiro atoms. The van der Waals surface area contributed by atoms with Crippen LogP contribution in [-0.2, 0) is 6.54 Å². The highest BCUT2D eigenvalue weighted by Gasteiger charge is 2.24. The number of fused-ring (bicyclic) bond motifs is 1. The van der Waals surface area contributed by atoms with Crippen LogP contribution in [0.15, 0.2) is 48.9 Å². The topological polar surface area (TPSA) is 93.2 Å². The van der Waals surface area contributed by atoms with Crippen molar-refractivity contribution in [3.63, 3.8) is 0 Å². The minimum absolute atomic E-state index is 0.118. The number of aromatic nitrogens is 6. The highest BCUT2D eigenvalue weighted by atomic mass is 16.2. The molecule has 9 nitrogen and oxygen atoms in total. The molecule has 1 amide bonds. The number of nitrogens with one attached hydrogen (secondary N) is 1. The second-order valence-electron chi connectivity index (χ2n) is 8.65. The molecule has 1 aromatic carbocycles. The quantitative estimate of drug-likeness (QED) is 0.488. The van der Waals surface area contributed by atoms with Gasteiger partial charge in [0.15, 0.2) is 5.65 Å². The molecule has 0 radical (unpaired) electrons. The number of hydrogen-bond acceptors (Lipinski definition) is 6. The highest BCUT2D eigenvalue weighted by Crippen LogP contribution is 2.23. The summed E-state index contributed by atoms with van der Waals surface area (Å²) >= 11 is 0. The van der Waals surface area contributed by atoms with Crippen LogP contribution in [-0.4, -0.2) is 53.3 Å². The first-order chi connectivity index (χ1) is 16.1. The number of hydrogen-bond donors (Lipinski definition) is 1. The summed E-state index contributed by atoms with van der Waals surface area (Å²) in [6, 6.07) is 9.95. The van der Waals surface area contributed by atoms with Gasteiger partial charge >= 0.3 is 0 Å². The van der Waals surface area contributed by atoms with Crippen LogP contribution >= 0.6 is 0 Å². The number of anilines is 1. The first-order valence-corrected chi connectivity index (χ1v) is 11.5. The van der Waals surface area contributed by atoms with Crippen molar-refractivity contribution in [1.29, 1.82) is 0 Å². The van der Waals surface area contributed by atoms with Crippen molar-refractivity contribution in [1.82, 2.24) is 34.3 Å². The van der Waals surface area contributed by atoms with E-state index in [0.29, 0.717) is 18.1 Å². The van der Waals surface area contributed by atoms with E-state index in [1.807, 2.05) is 52.3 Å². The molecule has 0 bridgehead atoms. The van der Waals surface area contributed by atoms with Gasteiger partial charge in [-0.15, -0.1) is 0 Å². The number of rotatable bonds is 6. The molecule has 4 aromatic rings. The molecule has 1 aliphatic heterocycles. The zero-order valence-corrected chi connectivity index (χ0v) is 19.0. The Kier molecular flexibility index (Phi) is 5.77. The molecular weight excluding hydrogens is 416 g/mol. The van der Waals surface area contributed by atoms with Crippen molar-refractivity contribution in [3.8, 4) is 5.69 Å². The summed E-state index contributed by atoms with van der Waals surface area (Å²) in [5.41, 5.74) is 3.69. The molecular formula is C24H28N8O. The lowest BCUT2D eigenvalue weighted by atomic mass is 10.1. The third-order valence-electron chi connectivity index (χ3n) is 6.03. The maximum Gasteiger partial charge on any atom is 0.291 e. The minimum Gasteiger partial charge on any atom is -0.350 e. The molecule has 1 saturated heterocycles. The SMILES string of the molecule is CC(C)c1cnn2c(NCc3ccccc3-n3cccn3)nc(C(=O)N3CCCCC3)nc12. The zero-order chi connectivity index (χ0) is 22.8. The summed E-state index contributed by atoms with van der Waals surface area (Å²) in [5, 5.41) is 12.3. The molecule has 9 heteroatoms. The lowest BCUT2D eigenvalue weighted by Gasteiger charge is -2.26. The van der Waals surface area contributed by atoms with Crippen molar-refractivity contribution in [2.45, 2.75) is 45.6 Å². The molecule has 5 rings (SSSR count). The van der Waals surface area contributed by atoms with E-state index in [9.17, 15) is 4.79 Å². The molecule has 0 aliphatic carbocycles. The van der Waals surface area contributed by atoms with Crippen LogP contribution in [0.1, 0.15) is 60.8 Å². The van der Waals surface area contributed by atoms with Crippen LogP contribution in [0, 0.1) is 0 Å². The third-order valence-corrected chi connectivity index (χ3v) is 6.03. The van der Waals surface area contributed by atoms with Crippen molar-refractivity contribution in [3.05, 3.63) is 65.9 Å². The molecule has 33 heavy (non-hydrogen) atoms. The Hall–Kier alpha value is -3.75. The number of piperidine rings is 1. The number of nitrogens with zero attached hydrogens (tertiary/aromatic N) is 7. The van der Waals surface area contributed by atoms with Gasteiger partial charge in [0.25, 0.3) is 5.91 Å². The van der Waals surface area contributed by atoms with Crippen molar-refractivity contribution in [2.24, 2.45) is 0 Å². The van der Waals surface area contributed by atoms with Gasteiger partial charge in [0, 0.05) is 37.6 Å². The van der Waals surface area contributed by atoms with Gasteiger partial charge in [0.05, 0.1) is 11.9 Å². The smallest absolute Gasteiger partial charge is 0.291 e. The zero-order valence-electron chi connectivity index (χ0n) is 19.0. The molecule has 1 fully saturated rings. The van der Waals surface area contributed by atoms with Crippen molar-refractivity contribution < 1.29 is 4.79 Å². The van der Waals surface area contributed by atoms with Gasteiger partial charge in [-0.25, -0.2) is 9.67 Å². The highest BCUT2D eigenvalue weighted by molar-refractivity contribution is 5.91. The number of para-hydroxylation sites is 1. The maximum atomic E-state index is 13.2. The lowest BCUT2D eigenvalue weighted by molar-refractivity contribution is 0.0712. The average molecular weight is 445 g/mol. The number of carbonyl (C=O) groups excluding carboxylic acids is 1. The lowest BCUT2D eigenvalue weighted by Crippen LogP contribution is -2.37. The Labute approximate surface area is 192 Å². The van der Waals surface area contributed by atoms with E-state index in [1.54, 1.807) is 10.7 Å². The molecule has 4 heterocycles.